The fourth-order valence-corrected chi connectivity index (χ4v) is 2.56. The highest BCUT2D eigenvalue weighted by atomic mass is 15.1. The van der Waals surface area contributed by atoms with Gasteiger partial charge in [-0.3, -0.25) is 0 Å². The Morgan fingerprint density at radius 3 is 2.29 bits per heavy atom. The standard InChI is InChI=1S/C14H23N3/c1-3-12-4-6-13(7-5-12)10-17-14-15-8-11(2)9-16-14/h8-9,12-13H,3-7,10H2,1-2H3,(H,15,16,17). The van der Waals surface area contributed by atoms with E-state index in [2.05, 4.69) is 22.2 Å². The maximum atomic E-state index is 4.27. The summed E-state index contributed by atoms with van der Waals surface area (Å²) in [4.78, 5) is 8.54. The van der Waals surface area contributed by atoms with E-state index in [1.165, 1.54) is 32.1 Å². The third kappa shape index (κ3) is 3.69. The van der Waals surface area contributed by atoms with Gasteiger partial charge < -0.3 is 5.32 Å². The zero-order chi connectivity index (χ0) is 12.1. The van der Waals surface area contributed by atoms with E-state index < -0.39 is 0 Å². The third-order valence-electron chi connectivity index (χ3n) is 3.87. The summed E-state index contributed by atoms with van der Waals surface area (Å²) < 4.78 is 0. The number of rotatable bonds is 4. The molecule has 2 rings (SSSR count). The van der Waals surface area contributed by atoms with E-state index >= 15 is 0 Å². The van der Waals surface area contributed by atoms with E-state index in [1.54, 1.807) is 0 Å². The van der Waals surface area contributed by atoms with Crippen molar-refractivity contribution >= 4 is 5.95 Å². The number of hydrogen-bond acceptors (Lipinski definition) is 3. The molecule has 0 spiro atoms. The summed E-state index contributed by atoms with van der Waals surface area (Å²) in [6.07, 6.45) is 10.6. The van der Waals surface area contributed by atoms with E-state index in [4.69, 9.17) is 0 Å². The average molecular weight is 233 g/mol. The van der Waals surface area contributed by atoms with E-state index in [0.29, 0.717) is 0 Å². The molecule has 0 atom stereocenters. The van der Waals surface area contributed by atoms with Crippen LogP contribution >= 0.6 is 0 Å². The monoisotopic (exact) mass is 233 g/mol. The number of nitrogens with zero attached hydrogens (tertiary/aromatic N) is 2. The smallest absolute Gasteiger partial charge is 0.222 e. The van der Waals surface area contributed by atoms with Crippen molar-refractivity contribution in [2.24, 2.45) is 11.8 Å². The lowest BCUT2D eigenvalue weighted by Gasteiger charge is -2.27. The lowest BCUT2D eigenvalue weighted by atomic mass is 9.81. The van der Waals surface area contributed by atoms with Gasteiger partial charge in [0.15, 0.2) is 0 Å². The summed E-state index contributed by atoms with van der Waals surface area (Å²) in [6, 6.07) is 0. The number of aromatic nitrogens is 2. The van der Waals surface area contributed by atoms with Crippen LogP contribution in [0, 0.1) is 18.8 Å². The van der Waals surface area contributed by atoms with Crippen LogP contribution in [0.3, 0.4) is 0 Å². The molecule has 0 aliphatic heterocycles. The topological polar surface area (TPSA) is 37.8 Å². The van der Waals surface area contributed by atoms with Gasteiger partial charge in [-0.1, -0.05) is 26.2 Å². The molecule has 1 heterocycles. The van der Waals surface area contributed by atoms with Gasteiger partial charge in [-0.05, 0) is 37.2 Å². The summed E-state index contributed by atoms with van der Waals surface area (Å²) in [5, 5.41) is 3.35. The van der Waals surface area contributed by atoms with Crippen molar-refractivity contribution in [1.82, 2.24) is 9.97 Å². The molecule has 3 nitrogen and oxygen atoms in total. The number of anilines is 1. The molecular formula is C14H23N3. The first-order valence-electron chi connectivity index (χ1n) is 6.80. The van der Waals surface area contributed by atoms with Gasteiger partial charge in [-0.15, -0.1) is 0 Å². The third-order valence-corrected chi connectivity index (χ3v) is 3.87. The van der Waals surface area contributed by atoms with E-state index in [1.807, 2.05) is 19.3 Å². The summed E-state index contributed by atoms with van der Waals surface area (Å²) in [7, 11) is 0. The van der Waals surface area contributed by atoms with Gasteiger partial charge in [-0.2, -0.15) is 0 Å². The highest BCUT2D eigenvalue weighted by Gasteiger charge is 2.19. The van der Waals surface area contributed by atoms with Gasteiger partial charge in [0.05, 0.1) is 0 Å². The second-order valence-corrected chi connectivity index (χ2v) is 5.26. The minimum Gasteiger partial charge on any atom is -0.354 e. The fraction of sp³-hybridized carbons (Fsp3) is 0.714. The first-order chi connectivity index (χ1) is 8.28. The molecule has 0 saturated heterocycles. The predicted molar refractivity (Wildman–Crippen MR) is 71.0 cm³/mol. The van der Waals surface area contributed by atoms with E-state index in [-0.39, 0.29) is 0 Å². The summed E-state index contributed by atoms with van der Waals surface area (Å²) in [6.45, 7) is 5.35. The predicted octanol–water partition coefficient (Wildman–Crippen LogP) is 3.41. The van der Waals surface area contributed by atoms with Crippen LogP contribution in [0.1, 0.15) is 44.6 Å². The molecule has 94 valence electrons. The molecule has 0 aromatic carbocycles. The first-order valence-corrected chi connectivity index (χ1v) is 6.80. The van der Waals surface area contributed by atoms with Crippen molar-refractivity contribution in [3.63, 3.8) is 0 Å². The van der Waals surface area contributed by atoms with Crippen LogP contribution in [0.2, 0.25) is 0 Å². The van der Waals surface area contributed by atoms with E-state index in [0.717, 1.165) is 29.9 Å². The Bertz CT molecular complexity index is 326. The molecule has 0 amide bonds. The molecule has 1 aliphatic rings. The van der Waals surface area contributed by atoms with Gasteiger partial charge in [-0.25, -0.2) is 9.97 Å². The van der Waals surface area contributed by atoms with Crippen molar-refractivity contribution in [3.8, 4) is 0 Å². The van der Waals surface area contributed by atoms with Crippen LogP contribution in [0.25, 0.3) is 0 Å². The zero-order valence-electron chi connectivity index (χ0n) is 10.9. The van der Waals surface area contributed by atoms with Crippen LogP contribution in [-0.4, -0.2) is 16.5 Å². The lowest BCUT2D eigenvalue weighted by molar-refractivity contribution is 0.278. The molecule has 1 aliphatic carbocycles. The maximum absolute atomic E-state index is 4.27. The second kappa shape index (κ2) is 5.99. The van der Waals surface area contributed by atoms with Crippen LogP contribution < -0.4 is 5.32 Å². The Kier molecular flexibility index (Phi) is 4.35. The second-order valence-electron chi connectivity index (χ2n) is 5.26. The lowest BCUT2D eigenvalue weighted by Crippen LogP contribution is -2.21. The largest absolute Gasteiger partial charge is 0.354 e. The highest BCUT2D eigenvalue weighted by molar-refractivity contribution is 5.24. The highest BCUT2D eigenvalue weighted by Crippen LogP contribution is 2.30. The number of nitrogens with one attached hydrogen (secondary N) is 1. The molecule has 1 N–H and O–H groups in total. The number of aryl methyl sites for hydroxylation is 1. The van der Waals surface area contributed by atoms with E-state index in [9.17, 15) is 0 Å². The molecule has 1 aromatic rings. The van der Waals surface area contributed by atoms with Gasteiger partial charge in [0.25, 0.3) is 0 Å². The van der Waals surface area contributed by atoms with Crippen LogP contribution in [0.5, 0.6) is 0 Å². The van der Waals surface area contributed by atoms with Crippen molar-refractivity contribution in [1.29, 1.82) is 0 Å². The molecule has 0 radical (unpaired) electrons. The average Bonchev–Trinajstić information content (AvgIpc) is 2.39. The van der Waals surface area contributed by atoms with Crippen molar-refractivity contribution in [3.05, 3.63) is 18.0 Å². The Balaban J connectivity index is 1.74. The van der Waals surface area contributed by atoms with Crippen molar-refractivity contribution < 1.29 is 0 Å². The van der Waals surface area contributed by atoms with Crippen LogP contribution in [0.15, 0.2) is 12.4 Å². The summed E-state index contributed by atoms with van der Waals surface area (Å²) in [5.74, 6) is 2.55. The molecule has 3 heteroatoms. The molecule has 1 saturated carbocycles. The van der Waals surface area contributed by atoms with Crippen LogP contribution in [-0.2, 0) is 0 Å². The van der Waals surface area contributed by atoms with Crippen LogP contribution in [0.4, 0.5) is 5.95 Å². The van der Waals surface area contributed by atoms with Gasteiger partial charge in [0, 0.05) is 18.9 Å². The molecular weight excluding hydrogens is 210 g/mol. The summed E-state index contributed by atoms with van der Waals surface area (Å²) in [5.41, 5.74) is 1.11. The Morgan fingerprint density at radius 1 is 1.12 bits per heavy atom. The molecule has 0 bridgehead atoms. The normalized spacial score (nSPS) is 24.6. The van der Waals surface area contributed by atoms with Crippen molar-refractivity contribution in [2.75, 3.05) is 11.9 Å². The molecule has 1 aromatic heterocycles. The van der Waals surface area contributed by atoms with Gasteiger partial charge in [0.1, 0.15) is 0 Å². The number of hydrogen-bond donors (Lipinski definition) is 1. The van der Waals surface area contributed by atoms with Gasteiger partial charge >= 0.3 is 0 Å². The molecule has 1 fully saturated rings. The SMILES string of the molecule is CCC1CCC(CNc2ncc(C)cn2)CC1. The molecule has 17 heavy (non-hydrogen) atoms. The molecule has 0 unspecified atom stereocenters. The minimum absolute atomic E-state index is 0.771. The van der Waals surface area contributed by atoms with Gasteiger partial charge in [0.2, 0.25) is 5.95 Å². The minimum atomic E-state index is 0.771. The Labute approximate surface area is 104 Å². The maximum Gasteiger partial charge on any atom is 0.222 e. The fourth-order valence-electron chi connectivity index (χ4n) is 2.56. The quantitative estimate of drug-likeness (QED) is 0.866. The Hall–Kier alpha value is -1.12. The van der Waals surface area contributed by atoms with Crippen molar-refractivity contribution in [2.45, 2.75) is 46.0 Å². The Morgan fingerprint density at radius 2 is 1.71 bits per heavy atom. The summed E-state index contributed by atoms with van der Waals surface area (Å²) >= 11 is 0. The first kappa shape index (κ1) is 12.3. The zero-order valence-corrected chi connectivity index (χ0v) is 10.9.